The van der Waals surface area contributed by atoms with Gasteiger partial charge in [-0.1, -0.05) is 31.0 Å². The lowest BCUT2D eigenvalue weighted by molar-refractivity contribution is -0.140. The summed E-state index contributed by atoms with van der Waals surface area (Å²) in [5.41, 5.74) is 0.468. The molecule has 0 radical (unpaired) electrons. The first-order chi connectivity index (χ1) is 16.6. The molecule has 7 heteroatoms. The zero-order valence-electron chi connectivity index (χ0n) is 19.6. The van der Waals surface area contributed by atoms with Crippen molar-refractivity contribution < 1.29 is 19.1 Å². The van der Waals surface area contributed by atoms with Crippen molar-refractivity contribution in [2.24, 2.45) is 5.92 Å². The second-order valence-electron chi connectivity index (χ2n) is 9.02. The summed E-state index contributed by atoms with van der Waals surface area (Å²) < 4.78 is 5.74. The number of carbonyl (C=O) groups excluding carboxylic acids is 3. The van der Waals surface area contributed by atoms with E-state index in [9.17, 15) is 14.4 Å². The van der Waals surface area contributed by atoms with Crippen LogP contribution in [0.2, 0.25) is 0 Å². The van der Waals surface area contributed by atoms with Gasteiger partial charge in [0.2, 0.25) is 11.8 Å². The third-order valence-electron chi connectivity index (χ3n) is 6.61. The molecule has 0 aliphatic carbocycles. The Morgan fingerprint density at radius 3 is 2.03 bits per heavy atom. The summed E-state index contributed by atoms with van der Waals surface area (Å²) in [6.45, 7) is 2.80. The van der Waals surface area contributed by atoms with Gasteiger partial charge >= 0.3 is 0 Å². The van der Waals surface area contributed by atoms with Gasteiger partial charge in [0.25, 0.3) is 5.91 Å². The van der Waals surface area contributed by atoms with Crippen LogP contribution in [0.25, 0.3) is 0 Å². The van der Waals surface area contributed by atoms with E-state index in [2.05, 4.69) is 5.32 Å². The molecule has 2 aliphatic rings. The van der Waals surface area contributed by atoms with Gasteiger partial charge < -0.3 is 19.9 Å². The van der Waals surface area contributed by atoms with Crippen molar-refractivity contribution in [3.8, 4) is 11.5 Å². The predicted octanol–water partition coefficient (Wildman–Crippen LogP) is 3.85. The molecule has 1 N–H and O–H groups in total. The summed E-state index contributed by atoms with van der Waals surface area (Å²) in [5, 5.41) is 2.71. The van der Waals surface area contributed by atoms with Crippen molar-refractivity contribution >= 4 is 17.7 Å². The third kappa shape index (κ3) is 6.37. The number of carbonyl (C=O) groups is 3. The van der Waals surface area contributed by atoms with Gasteiger partial charge in [-0.25, -0.2) is 0 Å². The average Bonchev–Trinajstić information content (AvgIpc) is 3.17. The lowest BCUT2D eigenvalue weighted by atomic mass is 9.95. The molecule has 2 aromatic carbocycles. The largest absolute Gasteiger partial charge is 0.457 e. The number of likely N-dealkylation sites (tertiary alicyclic amines) is 2. The van der Waals surface area contributed by atoms with Crippen LogP contribution in [-0.4, -0.2) is 60.2 Å². The molecule has 2 aliphatic heterocycles. The Balaban J connectivity index is 1.20. The monoisotopic (exact) mass is 463 g/mol. The Labute approximate surface area is 201 Å². The van der Waals surface area contributed by atoms with Gasteiger partial charge in [-0.15, -0.1) is 0 Å². The molecule has 0 aromatic heterocycles. The highest BCUT2D eigenvalue weighted by atomic mass is 16.5. The minimum Gasteiger partial charge on any atom is -0.457 e. The molecule has 2 aromatic rings. The first-order valence-electron chi connectivity index (χ1n) is 12.3. The molecular weight excluding hydrogens is 430 g/mol. The number of hydrogen-bond acceptors (Lipinski definition) is 4. The van der Waals surface area contributed by atoms with E-state index in [0.29, 0.717) is 37.2 Å². The molecule has 0 unspecified atom stereocenters. The molecule has 2 heterocycles. The van der Waals surface area contributed by atoms with E-state index in [4.69, 9.17) is 4.74 Å². The fourth-order valence-electron chi connectivity index (χ4n) is 4.59. The Bertz CT molecular complexity index is 961. The number of benzene rings is 2. The van der Waals surface area contributed by atoms with Gasteiger partial charge in [0.05, 0.1) is 6.54 Å². The Kier molecular flexibility index (Phi) is 8.17. The number of nitrogens with zero attached hydrogens (tertiary/aromatic N) is 2. The number of rotatable bonds is 6. The highest BCUT2D eigenvalue weighted by molar-refractivity contribution is 5.96. The molecule has 2 saturated heterocycles. The maximum Gasteiger partial charge on any atom is 0.251 e. The summed E-state index contributed by atoms with van der Waals surface area (Å²) >= 11 is 0. The van der Waals surface area contributed by atoms with E-state index in [1.54, 1.807) is 29.2 Å². The van der Waals surface area contributed by atoms with Crippen molar-refractivity contribution in [2.45, 2.75) is 38.5 Å². The quantitative estimate of drug-likeness (QED) is 0.706. The van der Waals surface area contributed by atoms with E-state index < -0.39 is 0 Å². The number of nitrogens with one attached hydrogen (secondary N) is 1. The molecular formula is C27H33N3O4. The minimum atomic E-state index is -0.300. The highest BCUT2D eigenvalue weighted by Crippen LogP contribution is 2.23. The maximum atomic E-state index is 12.8. The van der Waals surface area contributed by atoms with Crippen LogP contribution in [0.5, 0.6) is 11.5 Å². The molecule has 180 valence electrons. The van der Waals surface area contributed by atoms with Gasteiger partial charge in [0.1, 0.15) is 11.5 Å². The topological polar surface area (TPSA) is 79.0 Å². The third-order valence-corrected chi connectivity index (χ3v) is 6.61. The molecule has 2 fully saturated rings. The van der Waals surface area contributed by atoms with Gasteiger partial charge in [-0.2, -0.15) is 0 Å². The summed E-state index contributed by atoms with van der Waals surface area (Å²) in [6, 6.07) is 16.2. The first-order valence-corrected chi connectivity index (χ1v) is 12.3. The summed E-state index contributed by atoms with van der Waals surface area (Å²) in [4.78, 5) is 41.7. The molecule has 4 rings (SSSR count). The van der Waals surface area contributed by atoms with E-state index in [1.165, 1.54) is 12.8 Å². The lowest BCUT2D eigenvalue weighted by Crippen LogP contribution is -2.47. The van der Waals surface area contributed by atoms with Crippen LogP contribution >= 0.6 is 0 Å². The van der Waals surface area contributed by atoms with Crippen molar-refractivity contribution in [3.05, 3.63) is 60.2 Å². The van der Waals surface area contributed by atoms with Crippen LogP contribution in [0.1, 0.15) is 48.9 Å². The van der Waals surface area contributed by atoms with Crippen molar-refractivity contribution in [1.82, 2.24) is 15.1 Å². The Morgan fingerprint density at radius 2 is 1.38 bits per heavy atom. The Morgan fingerprint density at radius 1 is 0.765 bits per heavy atom. The van der Waals surface area contributed by atoms with E-state index >= 15 is 0 Å². The standard InChI is InChI=1S/C27H33N3O4/c31-25(29-18-14-22(15-19-29)27(33)30-16-6-1-2-7-17-30)20-28-26(32)21-10-12-24(13-11-21)34-23-8-4-3-5-9-23/h3-5,8-13,22H,1-2,6-7,14-20H2,(H,28,32). The molecule has 0 bridgehead atoms. The first kappa shape index (κ1) is 23.8. The molecule has 0 spiro atoms. The SMILES string of the molecule is O=C(NCC(=O)N1CCC(C(=O)N2CCCCCC2)CC1)c1ccc(Oc2ccccc2)cc1. The van der Waals surface area contributed by atoms with Crippen LogP contribution < -0.4 is 10.1 Å². The summed E-state index contributed by atoms with van der Waals surface area (Å²) in [7, 11) is 0. The van der Waals surface area contributed by atoms with Crippen molar-refractivity contribution in [3.63, 3.8) is 0 Å². The van der Waals surface area contributed by atoms with Crippen LogP contribution in [0.15, 0.2) is 54.6 Å². The molecule has 34 heavy (non-hydrogen) atoms. The van der Waals surface area contributed by atoms with Crippen molar-refractivity contribution in [1.29, 1.82) is 0 Å². The zero-order valence-corrected chi connectivity index (χ0v) is 19.6. The molecule has 0 saturated carbocycles. The van der Waals surface area contributed by atoms with Crippen LogP contribution in [0, 0.1) is 5.92 Å². The van der Waals surface area contributed by atoms with Gasteiger partial charge in [-0.3, -0.25) is 14.4 Å². The number of para-hydroxylation sites is 1. The minimum absolute atomic E-state index is 0.00774. The van der Waals surface area contributed by atoms with E-state index in [0.717, 1.165) is 31.7 Å². The van der Waals surface area contributed by atoms with Crippen molar-refractivity contribution in [2.75, 3.05) is 32.7 Å². The second kappa shape index (κ2) is 11.7. The summed E-state index contributed by atoms with van der Waals surface area (Å²) in [5.74, 6) is 1.21. The smallest absolute Gasteiger partial charge is 0.251 e. The highest BCUT2D eigenvalue weighted by Gasteiger charge is 2.30. The summed E-state index contributed by atoms with van der Waals surface area (Å²) in [6.07, 6.45) is 5.97. The average molecular weight is 464 g/mol. The molecule has 7 nitrogen and oxygen atoms in total. The number of ether oxygens (including phenoxy) is 1. The van der Waals surface area contributed by atoms with E-state index in [-0.39, 0.29) is 30.2 Å². The van der Waals surface area contributed by atoms with E-state index in [1.807, 2.05) is 35.2 Å². The number of piperidine rings is 1. The molecule has 3 amide bonds. The zero-order chi connectivity index (χ0) is 23.8. The van der Waals surface area contributed by atoms with Crippen LogP contribution in [0.4, 0.5) is 0 Å². The second-order valence-corrected chi connectivity index (χ2v) is 9.02. The molecule has 0 atom stereocenters. The van der Waals surface area contributed by atoms with Gasteiger partial charge in [-0.05, 0) is 62.1 Å². The van der Waals surface area contributed by atoms with Crippen LogP contribution in [0.3, 0.4) is 0 Å². The normalized spacial score (nSPS) is 17.1. The van der Waals surface area contributed by atoms with Gasteiger partial charge in [0, 0.05) is 37.7 Å². The predicted molar refractivity (Wildman–Crippen MR) is 130 cm³/mol. The number of amides is 3. The van der Waals surface area contributed by atoms with Crippen LogP contribution in [-0.2, 0) is 9.59 Å². The Hall–Kier alpha value is -3.35. The fourth-order valence-corrected chi connectivity index (χ4v) is 4.59. The fraction of sp³-hybridized carbons (Fsp3) is 0.444. The maximum absolute atomic E-state index is 12.8. The number of hydrogen-bond donors (Lipinski definition) is 1. The van der Waals surface area contributed by atoms with Gasteiger partial charge in [0.15, 0.2) is 0 Å². The lowest BCUT2D eigenvalue weighted by Gasteiger charge is -2.34.